The topological polar surface area (TPSA) is 17.8 Å². The van der Waals surface area contributed by atoms with Crippen LogP contribution >= 0.6 is 0 Å². The molecule has 0 bridgehead atoms. The Hall–Kier alpha value is -7.81. The molecule has 0 radical (unpaired) electrons. The minimum Gasteiger partial charge on any atom is -0.296 e. The second-order valence-corrected chi connectivity index (χ2v) is 18.0. The van der Waals surface area contributed by atoms with Gasteiger partial charge in [-0.1, -0.05) is 212 Å². The Kier molecular flexibility index (Phi) is 8.64. The van der Waals surface area contributed by atoms with Crippen LogP contribution in [0.4, 0.5) is 0 Å². The fourth-order valence-corrected chi connectivity index (χ4v) is 12.0. The molecule has 2 unspecified atom stereocenters. The van der Waals surface area contributed by atoms with E-state index in [0.717, 1.165) is 48.1 Å². The molecule has 308 valence electrons. The zero-order chi connectivity index (χ0) is 43.0. The number of rotatable bonds is 7. The van der Waals surface area contributed by atoms with Crippen LogP contribution in [0.3, 0.4) is 0 Å². The van der Waals surface area contributed by atoms with Crippen LogP contribution in [0.5, 0.6) is 0 Å². The first-order chi connectivity index (χ1) is 32.2. The van der Waals surface area contributed by atoms with E-state index in [0.29, 0.717) is 0 Å². The van der Waals surface area contributed by atoms with E-state index < -0.39 is 10.8 Å². The lowest BCUT2D eigenvalue weighted by Gasteiger charge is -2.49. The molecule has 2 heteroatoms. The second kappa shape index (κ2) is 14.9. The van der Waals surface area contributed by atoms with Gasteiger partial charge in [0.25, 0.3) is 0 Å². The van der Waals surface area contributed by atoms with E-state index in [1.54, 1.807) is 0 Å². The lowest BCUT2D eigenvalue weighted by Crippen LogP contribution is -2.44. The Morgan fingerprint density at radius 2 is 0.969 bits per heavy atom. The third-order valence-corrected chi connectivity index (χ3v) is 14.8. The molecular weight excluding hydrogens is 785 g/mol. The third kappa shape index (κ3) is 5.50. The Morgan fingerprint density at radius 3 is 1.68 bits per heavy atom. The summed E-state index contributed by atoms with van der Waals surface area (Å²) in [6, 6.07) is 74.8. The normalized spacial score (nSPS) is 19.2. The maximum atomic E-state index is 5.24. The Morgan fingerprint density at radius 1 is 0.400 bits per heavy atom. The molecule has 13 rings (SSSR count). The van der Waals surface area contributed by atoms with Gasteiger partial charge in [0.2, 0.25) is 0 Å². The molecule has 0 N–H and O–H groups in total. The van der Waals surface area contributed by atoms with Crippen LogP contribution in [-0.2, 0) is 10.8 Å². The van der Waals surface area contributed by atoms with Crippen molar-refractivity contribution in [3.8, 4) is 33.6 Å². The van der Waals surface area contributed by atoms with Gasteiger partial charge in [0, 0.05) is 11.3 Å². The van der Waals surface area contributed by atoms with Gasteiger partial charge in [-0.05, 0) is 122 Å². The standard InChI is InChI=1S/C63H46N2/c1-4-17-43(18-5-1)46-37-41-51(42-38-46)65-59-30-15-14-29-58(59)64-61(65)47-33-31-44(32-34-47)45-35-39-50(40-36-45)62(48-19-6-2-7-20-48)55-26-12-13-27-56(55)63(49-21-8-3-9-22-49)54-25-11-10-23-52(54)53-24-16-28-57(62)60(53)63/h1-4,6-17,19-37,39-41H,5,18,38,42H2. The number of hydrogen-bond donors (Lipinski definition) is 0. The summed E-state index contributed by atoms with van der Waals surface area (Å²) in [5.41, 5.74) is 22.0. The van der Waals surface area contributed by atoms with Gasteiger partial charge < -0.3 is 0 Å². The predicted molar refractivity (Wildman–Crippen MR) is 268 cm³/mol. The van der Waals surface area contributed by atoms with Crippen LogP contribution < -0.4 is 0 Å². The van der Waals surface area contributed by atoms with Crippen molar-refractivity contribution in [2.24, 2.45) is 0 Å². The molecule has 0 fully saturated rings. The van der Waals surface area contributed by atoms with Crippen LogP contribution in [-0.4, -0.2) is 9.55 Å². The smallest absolute Gasteiger partial charge is 0.145 e. The molecule has 2 nitrogen and oxygen atoms in total. The summed E-state index contributed by atoms with van der Waals surface area (Å²) < 4.78 is 2.39. The first-order valence-corrected chi connectivity index (χ1v) is 23.1. The summed E-state index contributed by atoms with van der Waals surface area (Å²) in [6.07, 6.45) is 15.7. The average Bonchev–Trinajstić information content (AvgIpc) is 3.93. The van der Waals surface area contributed by atoms with Gasteiger partial charge in [-0.3, -0.25) is 4.57 Å². The lowest BCUT2D eigenvalue weighted by molar-refractivity contribution is 0.627. The monoisotopic (exact) mass is 830 g/mol. The van der Waals surface area contributed by atoms with Crippen LogP contribution in [0.2, 0.25) is 0 Å². The number of imidazole rings is 1. The number of hydrogen-bond acceptors (Lipinski definition) is 1. The van der Waals surface area contributed by atoms with Gasteiger partial charge in [0.15, 0.2) is 0 Å². The van der Waals surface area contributed by atoms with Gasteiger partial charge in [-0.2, -0.15) is 0 Å². The first-order valence-electron chi connectivity index (χ1n) is 23.1. The number of allylic oxidation sites excluding steroid dienone is 8. The SMILES string of the molecule is C1=CCCC(C2=CC=C(n3c(-c4ccc(-c5ccc(C6(c7ccccc7)c7ccccc7C7(c8ccccc8)c8ccccc8-c8cccc6c87)cc5)cc4)nc4ccccc43)CC2)=C1. The van der Waals surface area contributed by atoms with Crippen molar-refractivity contribution in [1.29, 1.82) is 0 Å². The summed E-state index contributed by atoms with van der Waals surface area (Å²) in [7, 11) is 0. The number of para-hydroxylation sites is 2. The molecule has 65 heavy (non-hydrogen) atoms. The fraction of sp³-hybridized carbons (Fsp3) is 0.0952. The van der Waals surface area contributed by atoms with Crippen molar-refractivity contribution in [3.63, 3.8) is 0 Å². The van der Waals surface area contributed by atoms with E-state index in [9.17, 15) is 0 Å². The molecule has 4 aliphatic rings. The third-order valence-electron chi connectivity index (χ3n) is 14.8. The molecule has 0 saturated heterocycles. The number of fused-ring (bicyclic) bond motifs is 6. The molecular formula is C63H46N2. The predicted octanol–water partition coefficient (Wildman–Crippen LogP) is 15.3. The number of benzene rings is 8. The quantitative estimate of drug-likeness (QED) is 0.156. The zero-order valence-corrected chi connectivity index (χ0v) is 36.2. The lowest BCUT2D eigenvalue weighted by atomic mass is 9.51. The molecule has 0 saturated carbocycles. The van der Waals surface area contributed by atoms with Gasteiger partial charge in [-0.15, -0.1) is 0 Å². The molecule has 1 heterocycles. The van der Waals surface area contributed by atoms with Crippen LogP contribution in [0, 0.1) is 0 Å². The van der Waals surface area contributed by atoms with Crippen LogP contribution in [0.15, 0.2) is 242 Å². The first kappa shape index (κ1) is 37.7. The van der Waals surface area contributed by atoms with E-state index >= 15 is 0 Å². The fourth-order valence-electron chi connectivity index (χ4n) is 12.0. The Labute approximate surface area is 380 Å². The molecule has 1 aromatic heterocycles. The number of aromatic nitrogens is 2. The highest BCUT2D eigenvalue weighted by Gasteiger charge is 2.57. The van der Waals surface area contributed by atoms with E-state index in [2.05, 4.69) is 235 Å². The summed E-state index contributed by atoms with van der Waals surface area (Å²) in [4.78, 5) is 5.24. The minimum atomic E-state index is -0.570. The molecule has 0 aliphatic heterocycles. The Balaban J connectivity index is 0.934. The highest BCUT2D eigenvalue weighted by Crippen LogP contribution is 2.65. The summed E-state index contributed by atoms with van der Waals surface area (Å²) in [6.45, 7) is 0. The number of nitrogens with zero attached hydrogens (tertiary/aromatic N) is 2. The summed E-state index contributed by atoms with van der Waals surface area (Å²) in [5, 5.41) is 0. The molecule has 2 atom stereocenters. The van der Waals surface area contributed by atoms with Crippen molar-refractivity contribution >= 4 is 16.7 Å². The van der Waals surface area contributed by atoms with Crippen molar-refractivity contribution < 1.29 is 0 Å². The van der Waals surface area contributed by atoms with Gasteiger partial charge in [0.05, 0.1) is 21.9 Å². The summed E-state index contributed by atoms with van der Waals surface area (Å²) >= 11 is 0. The molecule has 0 spiro atoms. The maximum absolute atomic E-state index is 5.24. The van der Waals surface area contributed by atoms with E-state index in [1.165, 1.54) is 83.6 Å². The van der Waals surface area contributed by atoms with Gasteiger partial charge in [0.1, 0.15) is 5.82 Å². The molecule has 4 aliphatic carbocycles. The molecule has 0 amide bonds. The van der Waals surface area contributed by atoms with Crippen LogP contribution in [0.25, 0.3) is 50.4 Å². The van der Waals surface area contributed by atoms with Crippen molar-refractivity contribution in [1.82, 2.24) is 9.55 Å². The second-order valence-electron chi connectivity index (χ2n) is 18.0. The summed E-state index contributed by atoms with van der Waals surface area (Å²) in [5.74, 6) is 0.987. The van der Waals surface area contributed by atoms with Crippen molar-refractivity contribution in [3.05, 3.63) is 286 Å². The highest BCUT2D eigenvalue weighted by atomic mass is 15.1. The van der Waals surface area contributed by atoms with E-state index in [-0.39, 0.29) is 0 Å². The maximum Gasteiger partial charge on any atom is 0.145 e. The van der Waals surface area contributed by atoms with Gasteiger partial charge in [-0.25, -0.2) is 4.98 Å². The van der Waals surface area contributed by atoms with Crippen molar-refractivity contribution in [2.45, 2.75) is 36.5 Å². The highest BCUT2D eigenvalue weighted by molar-refractivity contribution is 5.92. The van der Waals surface area contributed by atoms with E-state index in [1.807, 2.05) is 0 Å². The van der Waals surface area contributed by atoms with E-state index in [4.69, 9.17) is 4.98 Å². The van der Waals surface area contributed by atoms with Crippen molar-refractivity contribution in [2.75, 3.05) is 0 Å². The largest absolute Gasteiger partial charge is 0.296 e. The minimum absolute atomic E-state index is 0.460. The van der Waals surface area contributed by atoms with Gasteiger partial charge >= 0.3 is 0 Å². The average molecular weight is 831 g/mol. The zero-order valence-electron chi connectivity index (χ0n) is 36.2. The van der Waals surface area contributed by atoms with Crippen LogP contribution in [0.1, 0.15) is 70.2 Å². The Bertz CT molecular complexity index is 3450. The molecule has 9 aromatic rings. The molecule has 8 aromatic carbocycles.